The smallest absolute Gasteiger partial charge is 0.191 e. The van der Waals surface area contributed by atoms with Gasteiger partial charge in [0.25, 0.3) is 0 Å². The number of hydrogen-bond acceptors (Lipinski definition) is 5. The van der Waals surface area contributed by atoms with Gasteiger partial charge in [-0.2, -0.15) is 5.10 Å². The van der Waals surface area contributed by atoms with Gasteiger partial charge in [0.1, 0.15) is 12.7 Å². The number of aliphatic imine (C=N–C) groups is 1. The van der Waals surface area contributed by atoms with Gasteiger partial charge in [0, 0.05) is 12.6 Å². The molecule has 7 heteroatoms. The van der Waals surface area contributed by atoms with E-state index in [1.165, 1.54) is 11.1 Å². The van der Waals surface area contributed by atoms with Gasteiger partial charge in [-0.05, 0) is 18.1 Å². The zero-order valence-electron chi connectivity index (χ0n) is 11.9. The predicted octanol–water partition coefficient (Wildman–Crippen LogP) is 1.38. The van der Waals surface area contributed by atoms with Crippen LogP contribution in [0.5, 0.6) is 0 Å². The Morgan fingerprint density at radius 1 is 1.29 bits per heavy atom. The first kappa shape index (κ1) is 15.7. The predicted molar refractivity (Wildman–Crippen MR) is 92.7 cm³/mol. The maximum absolute atomic E-state index is 4.38. The molecule has 6 nitrogen and oxygen atoms in total. The Hall–Kier alpha value is -1.64. The highest BCUT2D eigenvalue weighted by Crippen LogP contribution is 2.06. The van der Waals surface area contributed by atoms with Crippen molar-refractivity contribution < 1.29 is 0 Å². The topological polar surface area (TPSA) is 67.1 Å². The van der Waals surface area contributed by atoms with Crippen LogP contribution in [0.3, 0.4) is 0 Å². The quantitative estimate of drug-likeness (QED) is 0.764. The van der Waals surface area contributed by atoms with Crippen molar-refractivity contribution in [3.05, 3.63) is 48.0 Å². The van der Waals surface area contributed by atoms with Crippen molar-refractivity contribution in [3.63, 3.8) is 0 Å². The van der Waals surface area contributed by atoms with E-state index in [4.69, 9.17) is 0 Å². The van der Waals surface area contributed by atoms with Crippen molar-refractivity contribution in [1.29, 1.82) is 0 Å². The molecule has 112 valence electrons. The lowest BCUT2D eigenvalue weighted by Gasteiger charge is -2.09. The van der Waals surface area contributed by atoms with E-state index in [1.54, 1.807) is 12.7 Å². The van der Waals surface area contributed by atoms with Crippen molar-refractivity contribution in [3.8, 4) is 0 Å². The van der Waals surface area contributed by atoms with Crippen LogP contribution in [0.2, 0.25) is 0 Å². The first-order chi connectivity index (χ1) is 9.79. The van der Waals surface area contributed by atoms with E-state index in [-0.39, 0.29) is 24.0 Å². The molecule has 0 radical (unpaired) electrons. The number of nitrogens with one attached hydrogen (secondary N) is 2. The van der Waals surface area contributed by atoms with Gasteiger partial charge in [-0.15, -0.1) is 24.0 Å². The number of aromatic nitrogens is 3. The van der Waals surface area contributed by atoms with Crippen LogP contribution in [0.15, 0.2) is 41.9 Å². The summed E-state index contributed by atoms with van der Waals surface area (Å²) in [5, 5.41) is 10.7. The summed E-state index contributed by atoms with van der Waals surface area (Å²) in [7, 11) is 0. The maximum Gasteiger partial charge on any atom is 0.191 e. The second kappa shape index (κ2) is 7.39. The molecule has 0 aliphatic carbocycles. The fourth-order valence-electron chi connectivity index (χ4n) is 2.11. The fourth-order valence-corrected chi connectivity index (χ4v) is 2.11. The summed E-state index contributed by atoms with van der Waals surface area (Å²) in [6, 6.07) is 8.91. The van der Waals surface area contributed by atoms with Crippen molar-refractivity contribution in [2.45, 2.75) is 26.1 Å². The summed E-state index contributed by atoms with van der Waals surface area (Å²) >= 11 is 0. The Morgan fingerprint density at radius 2 is 2.05 bits per heavy atom. The third-order valence-electron chi connectivity index (χ3n) is 3.20. The lowest BCUT2D eigenvalue weighted by Crippen LogP contribution is -2.37. The third-order valence-corrected chi connectivity index (χ3v) is 3.20. The molecule has 21 heavy (non-hydrogen) atoms. The van der Waals surface area contributed by atoms with E-state index < -0.39 is 0 Å². The van der Waals surface area contributed by atoms with E-state index in [1.807, 2.05) is 4.68 Å². The number of nitrogens with zero attached hydrogens (tertiary/aromatic N) is 4. The first-order valence-electron chi connectivity index (χ1n) is 6.75. The molecular formula is C14H19IN6. The molecule has 0 fully saturated rings. The molecule has 0 bridgehead atoms. The number of hydrogen-bond donors (Lipinski definition) is 2. The summed E-state index contributed by atoms with van der Waals surface area (Å²) in [5.74, 6) is 0.893. The second-order valence-corrected chi connectivity index (χ2v) is 5.00. The minimum atomic E-state index is 0. The van der Waals surface area contributed by atoms with E-state index in [9.17, 15) is 0 Å². The third kappa shape index (κ3) is 4.42. The summed E-state index contributed by atoms with van der Waals surface area (Å²) in [6.45, 7) is 4.50. The van der Waals surface area contributed by atoms with E-state index >= 15 is 0 Å². The molecule has 3 rings (SSSR count). The average molecular weight is 398 g/mol. The highest BCUT2D eigenvalue weighted by molar-refractivity contribution is 14.0. The van der Waals surface area contributed by atoms with Gasteiger partial charge in [0.2, 0.25) is 0 Å². The molecule has 0 amide bonds. The van der Waals surface area contributed by atoms with Crippen LogP contribution in [0.25, 0.3) is 0 Å². The van der Waals surface area contributed by atoms with Gasteiger partial charge in [-0.1, -0.05) is 24.3 Å². The molecule has 2 N–H and O–H groups in total. The lowest BCUT2D eigenvalue weighted by atomic mass is 10.1. The minimum Gasteiger partial charge on any atom is -0.352 e. The van der Waals surface area contributed by atoms with Crippen LogP contribution in [0, 0.1) is 0 Å². The highest BCUT2D eigenvalue weighted by Gasteiger charge is 2.11. The molecule has 1 unspecified atom stereocenters. The average Bonchev–Trinajstić information content (AvgIpc) is 3.10. The molecule has 0 saturated heterocycles. The van der Waals surface area contributed by atoms with Crippen LogP contribution < -0.4 is 10.6 Å². The maximum atomic E-state index is 4.38. The van der Waals surface area contributed by atoms with Crippen LogP contribution in [0.1, 0.15) is 18.1 Å². The van der Waals surface area contributed by atoms with Crippen LogP contribution in [-0.4, -0.2) is 33.3 Å². The largest absolute Gasteiger partial charge is 0.352 e. The minimum absolute atomic E-state index is 0. The summed E-state index contributed by atoms with van der Waals surface area (Å²) in [5.41, 5.74) is 2.44. The van der Waals surface area contributed by atoms with Gasteiger partial charge in [-0.25, -0.2) is 9.67 Å². The molecule has 1 atom stereocenters. The van der Waals surface area contributed by atoms with Crippen molar-refractivity contribution in [1.82, 2.24) is 25.4 Å². The van der Waals surface area contributed by atoms with Gasteiger partial charge >= 0.3 is 0 Å². The summed E-state index contributed by atoms with van der Waals surface area (Å²) in [4.78, 5) is 8.31. The Labute approximate surface area is 141 Å². The molecule has 2 heterocycles. The Bertz CT molecular complexity index is 578. The van der Waals surface area contributed by atoms with E-state index in [0.717, 1.165) is 25.6 Å². The first-order valence-corrected chi connectivity index (χ1v) is 6.75. The fraction of sp³-hybridized carbons (Fsp3) is 0.357. The normalized spacial score (nSPS) is 16.8. The van der Waals surface area contributed by atoms with E-state index in [0.29, 0.717) is 6.04 Å². The number of rotatable bonds is 4. The van der Waals surface area contributed by atoms with Crippen molar-refractivity contribution >= 4 is 29.9 Å². The van der Waals surface area contributed by atoms with Gasteiger partial charge in [0.05, 0.1) is 13.1 Å². The van der Waals surface area contributed by atoms with Crippen molar-refractivity contribution in [2.24, 2.45) is 4.99 Å². The Balaban J connectivity index is 0.00000161. The Kier molecular flexibility index (Phi) is 5.54. The SMILES string of the molecule is CC1CN=C(NCc2ccc(Cn3cncn3)cc2)N1.I. The Morgan fingerprint density at radius 3 is 2.67 bits per heavy atom. The summed E-state index contributed by atoms with van der Waals surface area (Å²) in [6.07, 6.45) is 3.27. The number of benzene rings is 1. The lowest BCUT2D eigenvalue weighted by molar-refractivity contribution is 0.684. The zero-order chi connectivity index (χ0) is 13.8. The molecular weight excluding hydrogens is 379 g/mol. The molecule has 1 aromatic heterocycles. The molecule has 0 spiro atoms. The van der Waals surface area contributed by atoms with Gasteiger partial charge in [-0.3, -0.25) is 4.99 Å². The summed E-state index contributed by atoms with van der Waals surface area (Å²) < 4.78 is 1.81. The monoisotopic (exact) mass is 398 g/mol. The van der Waals surface area contributed by atoms with Crippen LogP contribution in [0.4, 0.5) is 0 Å². The van der Waals surface area contributed by atoms with Crippen molar-refractivity contribution in [2.75, 3.05) is 6.54 Å². The van der Waals surface area contributed by atoms with Crippen LogP contribution in [-0.2, 0) is 13.1 Å². The standard InChI is InChI=1S/C14H18N6.HI/c1-11-6-16-14(19-11)17-7-12-2-4-13(5-3-12)8-20-10-15-9-18-20;/h2-5,9-11H,6-8H2,1H3,(H2,16,17,19);1H. The van der Waals surface area contributed by atoms with Crippen LogP contribution >= 0.6 is 24.0 Å². The van der Waals surface area contributed by atoms with E-state index in [2.05, 4.69) is 56.9 Å². The molecule has 1 aromatic carbocycles. The number of halogens is 1. The number of guanidine groups is 1. The van der Waals surface area contributed by atoms with Gasteiger partial charge < -0.3 is 10.6 Å². The molecule has 0 saturated carbocycles. The highest BCUT2D eigenvalue weighted by atomic mass is 127. The van der Waals surface area contributed by atoms with Gasteiger partial charge in [0.15, 0.2) is 5.96 Å². The zero-order valence-corrected chi connectivity index (χ0v) is 14.2. The second-order valence-electron chi connectivity index (χ2n) is 5.00. The molecule has 1 aliphatic heterocycles. The molecule has 2 aromatic rings. The molecule has 1 aliphatic rings.